The monoisotopic (exact) mass is 234 g/mol. The Labute approximate surface area is 85.0 Å². The van der Waals surface area contributed by atoms with E-state index in [-0.39, 0.29) is 16.4 Å². The van der Waals surface area contributed by atoms with E-state index in [1.54, 1.807) is 0 Å². The van der Waals surface area contributed by atoms with Crippen molar-refractivity contribution in [1.82, 2.24) is 4.98 Å². The quantitative estimate of drug-likeness (QED) is 0.506. The van der Waals surface area contributed by atoms with Gasteiger partial charge in [-0.25, -0.2) is 9.55 Å². The van der Waals surface area contributed by atoms with Gasteiger partial charge in [-0.2, -0.15) is 0 Å². The Morgan fingerprint density at radius 3 is 2.79 bits per heavy atom. The molecule has 1 rings (SSSR count). The van der Waals surface area contributed by atoms with Gasteiger partial charge in [-0.3, -0.25) is 9.79 Å². The normalized spacial score (nSPS) is 11.0. The maximum Gasteiger partial charge on any atom is 0.526 e. The fraction of sp³-hybridized carbons (Fsp3) is 0. The number of phosphoric ester groups is 1. The molecule has 4 N–H and O–H groups in total. The zero-order valence-electron chi connectivity index (χ0n) is 6.82. The van der Waals surface area contributed by atoms with E-state index < -0.39 is 7.82 Å². The van der Waals surface area contributed by atoms with Crippen molar-refractivity contribution in [3.63, 3.8) is 0 Å². The summed E-state index contributed by atoms with van der Waals surface area (Å²) in [5.74, 6) is -0.270. The van der Waals surface area contributed by atoms with E-state index in [1.807, 2.05) is 0 Å². The van der Waals surface area contributed by atoms with Gasteiger partial charge in [-0.1, -0.05) is 12.2 Å². The molecule has 0 atom stereocenters. The Morgan fingerprint density at radius 2 is 2.29 bits per heavy atom. The number of hydrogen-bond donors (Lipinski definition) is 3. The Bertz CT molecular complexity index is 405. The van der Waals surface area contributed by atoms with Gasteiger partial charge in [0.15, 0.2) is 0 Å². The molecule has 6 nitrogen and oxygen atoms in total. The Hall–Kier alpha value is -1.01. The van der Waals surface area contributed by atoms with Crippen LogP contribution in [0.3, 0.4) is 0 Å². The molecule has 0 aromatic carbocycles. The van der Waals surface area contributed by atoms with Crippen molar-refractivity contribution in [2.45, 2.75) is 0 Å². The van der Waals surface area contributed by atoms with E-state index in [9.17, 15) is 4.57 Å². The van der Waals surface area contributed by atoms with Crippen LogP contribution in [0.15, 0.2) is 18.3 Å². The molecule has 0 unspecified atom stereocenters. The van der Waals surface area contributed by atoms with Crippen LogP contribution in [-0.4, -0.2) is 19.8 Å². The van der Waals surface area contributed by atoms with Gasteiger partial charge < -0.3 is 10.3 Å². The maximum atomic E-state index is 10.5. The molecule has 0 fully saturated rings. The van der Waals surface area contributed by atoms with Crippen LogP contribution in [0, 0.1) is 0 Å². The first kappa shape index (κ1) is 11.1. The molecule has 0 aliphatic rings. The standard InChI is InChI=1S/C6H7N2O4PS/c7-5(14)4-2-1-3-8-6(4)12-13(9,10)11/h1-3H,(H2,7,14)(H2,9,10,11). The van der Waals surface area contributed by atoms with Gasteiger partial charge in [-0.15, -0.1) is 0 Å². The maximum absolute atomic E-state index is 10.5. The SMILES string of the molecule is NC(=S)c1cccnc1OP(=O)(O)O. The second-order valence-electron chi connectivity index (χ2n) is 2.30. The highest BCUT2D eigenvalue weighted by Gasteiger charge is 2.19. The summed E-state index contributed by atoms with van der Waals surface area (Å²) in [6, 6.07) is 2.99. The first-order chi connectivity index (χ1) is 6.40. The number of phosphoric acid groups is 1. The Balaban J connectivity index is 3.08. The number of nitrogens with two attached hydrogens (primary N) is 1. The van der Waals surface area contributed by atoms with Crippen molar-refractivity contribution in [2.75, 3.05) is 0 Å². The Kier molecular flexibility index (Phi) is 3.17. The third-order valence-corrected chi connectivity index (χ3v) is 1.87. The second kappa shape index (κ2) is 4.02. The minimum absolute atomic E-state index is 0.0402. The minimum atomic E-state index is -4.63. The zero-order valence-corrected chi connectivity index (χ0v) is 8.53. The molecule has 0 radical (unpaired) electrons. The number of thiocarbonyl (C=S) groups is 1. The highest BCUT2D eigenvalue weighted by Crippen LogP contribution is 2.37. The molecule has 0 aliphatic heterocycles. The summed E-state index contributed by atoms with van der Waals surface area (Å²) >= 11 is 4.64. The predicted molar refractivity (Wildman–Crippen MR) is 52.8 cm³/mol. The summed E-state index contributed by atoms with van der Waals surface area (Å²) in [4.78, 5) is 20.6. The molecule has 0 saturated carbocycles. The van der Waals surface area contributed by atoms with E-state index in [2.05, 4.69) is 21.7 Å². The van der Waals surface area contributed by atoms with Crippen LogP contribution in [0.2, 0.25) is 0 Å². The molecule has 8 heteroatoms. The highest BCUT2D eigenvalue weighted by atomic mass is 32.1. The van der Waals surface area contributed by atoms with Crippen molar-refractivity contribution in [2.24, 2.45) is 5.73 Å². The topological polar surface area (TPSA) is 106 Å². The summed E-state index contributed by atoms with van der Waals surface area (Å²) in [5, 5.41) is 0. The van der Waals surface area contributed by atoms with Gasteiger partial charge in [0.25, 0.3) is 0 Å². The molecule has 0 amide bonds. The van der Waals surface area contributed by atoms with Crippen molar-refractivity contribution >= 4 is 25.0 Å². The van der Waals surface area contributed by atoms with Crippen molar-refractivity contribution in [3.05, 3.63) is 23.9 Å². The minimum Gasteiger partial charge on any atom is -0.389 e. The molecule has 0 aliphatic carbocycles. The molecule has 1 aromatic rings. The van der Waals surface area contributed by atoms with Crippen LogP contribution in [0.25, 0.3) is 0 Å². The van der Waals surface area contributed by atoms with Crippen LogP contribution in [0.4, 0.5) is 0 Å². The predicted octanol–water partition coefficient (Wildman–Crippen LogP) is 0.187. The largest absolute Gasteiger partial charge is 0.526 e. The second-order valence-corrected chi connectivity index (χ2v) is 3.91. The van der Waals surface area contributed by atoms with E-state index in [1.165, 1.54) is 18.3 Å². The lowest BCUT2D eigenvalue weighted by Crippen LogP contribution is -2.11. The molecule has 0 saturated heterocycles. The molecule has 0 spiro atoms. The molecule has 0 bridgehead atoms. The molecule has 1 aromatic heterocycles. The van der Waals surface area contributed by atoms with Gasteiger partial charge >= 0.3 is 7.82 Å². The molecule has 1 heterocycles. The molecular weight excluding hydrogens is 227 g/mol. The van der Waals surface area contributed by atoms with Crippen molar-refractivity contribution < 1.29 is 18.9 Å². The number of nitrogens with zero attached hydrogens (tertiary/aromatic N) is 1. The fourth-order valence-corrected chi connectivity index (χ4v) is 1.29. The molecular formula is C6H7N2O4PS. The summed E-state index contributed by atoms with van der Waals surface area (Å²) < 4.78 is 14.8. The van der Waals surface area contributed by atoms with Gasteiger partial charge in [0, 0.05) is 6.20 Å². The lowest BCUT2D eigenvalue weighted by atomic mass is 10.3. The fourth-order valence-electron chi connectivity index (χ4n) is 0.764. The van der Waals surface area contributed by atoms with Crippen LogP contribution in [0.5, 0.6) is 5.88 Å². The summed E-state index contributed by atoms with van der Waals surface area (Å²) in [6.07, 6.45) is 1.31. The van der Waals surface area contributed by atoms with E-state index in [0.717, 1.165) is 0 Å². The zero-order chi connectivity index (χ0) is 10.8. The van der Waals surface area contributed by atoms with E-state index >= 15 is 0 Å². The third kappa shape index (κ3) is 3.04. The summed E-state index contributed by atoms with van der Waals surface area (Å²) in [7, 11) is -4.63. The first-order valence-corrected chi connectivity index (χ1v) is 5.34. The van der Waals surface area contributed by atoms with E-state index in [0.29, 0.717) is 0 Å². The third-order valence-electron chi connectivity index (χ3n) is 1.24. The number of rotatable bonds is 3. The summed E-state index contributed by atoms with van der Waals surface area (Å²) in [5.41, 5.74) is 5.48. The lowest BCUT2D eigenvalue weighted by molar-refractivity contribution is 0.279. The smallest absolute Gasteiger partial charge is 0.389 e. The molecule has 14 heavy (non-hydrogen) atoms. The number of pyridine rings is 1. The van der Waals surface area contributed by atoms with Crippen LogP contribution < -0.4 is 10.3 Å². The Morgan fingerprint density at radius 1 is 1.64 bits per heavy atom. The van der Waals surface area contributed by atoms with E-state index in [4.69, 9.17) is 15.5 Å². The van der Waals surface area contributed by atoms with Gasteiger partial charge in [0.05, 0.1) is 5.56 Å². The van der Waals surface area contributed by atoms with Crippen LogP contribution in [0.1, 0.15) is 5.56 Å². The lowest BCUT2D eigenvalue weighted by Gasteiger charge is -2.08. The molecule has 76 valence electrons. The summed E-state index contributed by atoms with van der Waals surface area (Å²) in [6.45, 7) is 0. The van der Waals surface area contributed by atoms with Crippen molar-refractivity contribution in [1.29, 1.82) is 0 Å². The van der Waals surface area contributed by atoms with Crippen LogP contribution >= 0.6 is 20.0 Å². The van der Waals surface area contributed by atoms with Gasteiger partial charge in [-0.05, 0) is 12.1 Å². The number of aromatic nitrogens is 1. The highest BCUT2D eigenvalue weighted by molar-refractivity contribution is 7.80. The first-order valence-electron chi connectivity index (χ1n) is 3.40. The van der Waals surface area contributed by atoms with Gasteiger partial charge in [0.1, 0.15) is 4.99 Å². The van der Waals surface area contributed by atoms with Crippen molar-refractivity contribution in [3.8, 4) is 5.88 Å². The van der Waals surface area contributed by atoms with Crippen LogP contribution in [-0.2, 0) is 4.57 Å². The van der Waals surface area contributed by atoms with Gasteiger partial charge in [0.2, 0.25) is 5.88 Å². The average Bonchev–Trinajstić information content (AvgIpc) is 2.01. The number of hydrogen-bond acceptors (Lipinski definition) is 4. The average molecular weight is 234 g/mol.